The van der Waals surface area contributed by atoms with Gasteiger partial charge in [-0.25, -0.2) is 0 Å². The van der Waals surface area contributed by atoms with Crippen molar-refractivity contribution in [1.29, 1.82) is 0 Å². The van der Waals surface area contributed by atoms with Gasteiger partial charge in [-0.15, -0.1) is 0 Å². The molecule has 0 radical (unpaired) electrons. The molecule has 1 amide bonds. The smallest absolute Gasteiger partial charge is 0.222 e. The first-order valence-corrected chi connectivity index (χ1v) is 7.91. The van der Waals surface area contributed by atoms with Crippen molar-refractivity contribution in [2.45, 2.75) is 51.1 Å². The number of carbonyl (C=O) groups is 1. The molecule has 0 saturated carbocycles. The van der Waals surface area contributed by atoms with E-state index in [4.69, 9.17) is 0 Å². The molecule has 3 heteroatoms. The maximum absolute atomic E-state index is 12.2. The number of rotatable bonds is 3. The van der Waals surface area contributed by atoms with Crippen LogP contribution in [0.1, 0.15) is 43.2 Å². The highest BCUT2D eigenvalue weighted by Gasteiger charge is 2.21. The van der Waals surface area contributed by atoms with Crippen LogP contribution in [0.3, 0.4) is 0 Å². The van der Waals surface area contributed by atoms with Gasteiger partial charge in [-0.05, 0) is 43.2 Å². The van der Waals surface area contributed by atoms with Gasteiger partial charge in [0.1, 0.15) is 0 Å². The fraction of sp³-hybridized carbons (Fsp3) is 0.588. The van der Waals surface area contributed by atoms with Crippen molar-refractivity contribution in [2.24, 2.45) is 0 Å². The van der Waals surface area contributed by atoms with Gasteiger partial charge >= 0.3 is 0 Å². The summed E-state index contributed by atoms with van der Waals surface area (Å²) in [5.74, 6) is 0.352. The fourth-order valence-corrected chi connectivity index (χ4v) is 3.32. The van der Waals surface area contributed by atoms with Gasteiger partial charge in [0.05, 0.1) is 0 Å². The van der Waals surface area contributed by atoms with E-state index >= 15 is 0 Å². The maximum atomic E-state index is 12.2. The van der Waals surface area contributed by atoms with Gasteiger partial charge in [-0.1, -0.05) is 24.3 Å². The summed E-state index contributed by atoms with van der Waals surface area (Å²) in [6.45, 7) is 2.89. The van der Waals surface area contributed by atoms with Gasteiger partial charge in [-0.3, -0.25) is 4.79 Å². The zero-order valence-corrected chi connectivity index (χ0v) is 12.1. The SMILES string of the molecule is O=C(CCC1Cc2ccccc2CN1)N1CCCCC1. The number of amides is 1. The highest BCUT2D eigenvalue weighted by Crippen LogP contribution is 2.19. The van der Waals surface area contributed by atoms with E-state index < -0.39 is 0 Å². The third kappa shape index (κ3) is 3.21. The van der Waals surface area contributed by atoms with Crippen LogP contribution in [0.5, 0.6) is 0 Å². The van der Waals surface area contributed by atoms with E-state index in [0.717, 1.165) is 32.5 Å². The van der Waals surface area contributed by atoms with Crippen LogP contribution in [0, 0.1) is 0 Å². The number of hydrogen-bond donors (Lipinski definition) is 1. The van der Waals surface area contributed by atoms with Gasteiger partial charge in [0, 0.05) is 32.1 Å². The van der Waals surface area contributed by atoms with E-state index in [2.05, 4.69) is 34.5 Å². The molecule has 1 aromatic carbocycles. The van der Waals surface area contributed by atoms with E-state index in [-0.39, 0.29) is 0 Å². The standard InChI is InChI=1S/C17H24N2O/c20-17(19-10-4-1-5-11-19)9-8-16-12-14-6-2-3-7-15(14)13-18-16/h2-3,6-7,16,18H,1,4-5,8-13H2. The molecule has 3 rings (SSSR count). The van der Waals surface area contributed by atoms with Crippen LogP contribution in [0.4, 0.5) is 0 Å². The van der Waals surface area contributed by atoms with Gasteiger partial charge in [0.25, 0.3) is 0 Å². The second-order valence-electron chi connectivity index (χ2n) is 6.03. The predicted octanol–water partition coefficient (Wildman–Crippen LogP) is 2.49. The Morgan fingerprint density at radius 1 is 1.15 bits per heavy atom. The molecule has 3 nitrogen and oxygen atoms in total. The molecule has 1 unspecified atom stereocenters. The highest BCUT2D eigenvalue weighted by atomic mass is 16.2. The summed E-state index contributed by atoms with van der Waals surface area (Å²) in [4.78, 5) is 14.2. The number of carbonyl (C=O) groups excluding carboxylic acids is 1. The summed E-state index contributed by atoms with van der Waals surface area (Å²) in [5, 5.41) is 3.56. The summed E-state index contributed by atoms with van der Waals surface area (Å²) >= 11 is 0. The molecule has 2 aliphatic rings. The quantitative estimate of drug-likeness (QED) is 0.917. The lowest BCUT2D eigenvalue weighted by atomic mass is 9.93. The fourth-order valence-electron chi connectivity index (χ4n) is 3.32. The van der Waals surface area contributed by atoms with Crippen LogP contribution in [0.2, 0.25) is 0 Å². The van der Waals surface area contributed by atoms with Crippen molar-refractivity contribution in [3.8, 4) is 0 Å². The number of hydrogen-bond acceptors (Lipinski definition) is 2. The number of piperidine rings is 1. The Balaban J connectivity index is 1.49. The molecule has 0 aromatic heterocycles. The van der Waals surface area contributed by atoms with E-state index in [1.54, 1.807) is 0 Å². The van der Waals surface area contributed by atoms with Crippen molar-refractivity contribution in [1.82, 2.24) is 10.2 Å². The molecule has 2 aliphatic heterocycles. The van der Waals surface area contributed by atoms with Crippen LogP contribution < -0.4 is 5.32 Å². The lowest BCUT2D eigenvalue weighted by molar-refractivity contribution is -0.132. The van der Waals surface area contributed by atoms with Gasteiger partial charge in [0.2, 0.25) is 5.91 Å². The topological polar surface area (TPSA) is 32.3 Å². The van der Waals surface area contributed by atoms with Crippen LogP contribution in [-0.2, 0) is 17.8 Å². The van der Waals surface area contributed by atoms with Gasteiger partial charge in [0.15, 0.2) is 0 Å². The maximum Gasteiger partial charge on any atom is 0.222 e. The zero-order chi connectivity index (χ0) is 13.8. The van der Waals surface area contributed by atoms with E-state index in [1.165, 1.54) is 30.4 Å². The van der Waals surface area contributed by atoms with Crippen LogP contribution >= 0.6 is 0 Å². The normalized spacial score (nSPS) is 22.4. The molecule has 1 saturated heterocycles. The number of nitrogens with one attached hydrogen (secondary N) is 1. The average Bonchev–Trinajstić information content (AvgIpc) is 2.53. The molecule has 1 fully saturated rings. The first-order chi connectivity index (χ1) is 9.83. The second-order valence-corrected chi connectivity index (χ2v) is 6.03. The molecule has 0 bridgehead atoms. The lowest BCUT2D eigenvalue weighted by Crippen LogP contribution is -2.39. The van der Waals surface area contributed by atoms with Crippen molar-refractivity contribution in [2.75, 3.05) is 13.1 Å². The number of nitrogens with zero attached hydrogens (tertiary/aromatic N) is 1. The molecule has 108 valence electrons. The molecule has 1 atom stereocenters. The molecule has 1 N–H and O–H groups in total. The molecular weight excluding hydrogens is 248 g/mol. The predicted molar refractivity (Wildman–Crippen MR) is 80.4 cm³/mol. The van der Waals surface area contributed by atoms with Crippen molar-refractivity contribution in [3.63, 3.8) is 0 Å². The minimum Gasteiger partial charge on any atom is -0.343 e. The Morgan fingerprint density at radius 3 is 2.70 bits per heavy atom. The van der Waals surface area contributed by atoms with Gasteiger partial charge in [-0.2, -0.15) is 0 Å². The van der Waals surface area contributed by atoms with Gasteiger partial charge < -0.3 is 10.2 Å². The van der Waals surface area contributed by atoms with Crippen LogP contribution in [0.15, 0.2) is 24.3 Å². The van der Waals surface area contributed by atoms with Crippen LogP contribution in [0.25, 0.3) is 0 Å². The van der Waals surface area contributed by atoms with Crippen molar-refractivity contribution < 1.29 is 4.79 Å². The molecule has 2 heterocycles. The minimum absolute atomic E-state index is 0.352. The molecular formula is C17H24N2O. The molecule has 0 spiro atoms. The molecule has 1 aromatic rings. The third-order valence-electron chi connectivity index (χ3n) is 4.58. The summed E-state index contributed by atoms with van der Waals surface area (Å²) in [5.41, 5.74) is 2.85. The Kier molecular flexibility index (Phi) is 4.36. The number of likely N-dealkylation sites (tertiary alicyclic amines) is 1. The summed E-state index contributed by atoms with van der Waals surface area (Å²) in [6, 6.07) is 9.08. The Bertz CT molecular complexity index is 466. The Morgan fingerprint density at radius 2 is 1.90 bits per heavy atom. The summed E-state index contributed by atoms with van der Waals surface area (Å²) in [7, 11) is 0. The molecule has 0 aliphatic carbocycles. The number of fused-ring (bicyclic) bond motifs is 1. The monoisotopic (exact) mass is 272 g/mol. The first-order valence-electron chi connectivity index (χ1n) is 7.91. The van der Waals surface area contributed by atoms with E-state index in [0.29, 0.717) is 18.4 Å². The van der Waals surface area contributed by atoms with E-state index in [9.17, 15) is 4.79 Å². The van der Waals surface area contributed by atoms with Crippen LogP contribution in [-0.4, -0.2) is 29.9 Å². The van der Waals surface area contributed by atoms with Crippen molar-refractivity contribution in [3.05, 3.63) is 35.4 Å². The molecule has 20 heavy (non-hydrogen) atoms. The average molecular weight is 272 g/mol. The first kappa shape index (κ1) is 13.6. The lowest BCUT2D eigenvalue weighted by Gasteiger charge is -2.29. The minimum atomic E-state index is 0.352. The second kappa shape index (κ2) is 6.40. The largest absolute Gasteiger partial charge is 0.343 e. The number of benzene rings is 1. The highest BCUT2D eigenvalue weighted by molar-refractivity contribution is 5.76. The summed E-state index contributed by atoms with van der Waals surface area (Å²) in [6.07, 6.45) is 6.36. The third-order valence-corrected chi connectivity index (χ3v) is 4.58. The summed E-state index contributed by atoms with van der Waals surface area (Å²) < 4.78 is 0. The van der Waals surface area contributed by atoms with Crippen molar-refractivity contribution >= 4 is 5.91 Å². The van der Waals surface area contributed by atoms with E-state index in [1.807, 2.05) is 0 Å². The Hall–Kier alpha value is -1.35. The Labute approximate surface area is 121 Å². The zero-order valence-electron chi connectivity index (χ0n) is 12.1.